The molecule has 0 radical (unpaired) electrons. The Morgan fingerprint density at radius 3 is 2.73 bits per heavy atom. The molecule has 1 aromatic heterocycles. The van der Waals surface area contributed by atoms with E-state index in [1.54, 1.807) is 12.1 Å². The predicted octanol–water partition coefficient (Wildman–Crippen LogP) is 2.80. The summed E-state index contributed by atoms with van der Waals surface area (Å²) < 4.78 is 9.97. The van der Waals surface area contributed by atoms with Gasteiger partial charge in [-0.25, -0.2) is 4.98 Å². The summed E-state index contributed by atoms with van der Waals surface area (Å²) >= 11 is 6.01. The molecule has 1 heterocycles. The number of carbonyl (C=O) groups is 1. The molecule has 114 valence electrons. The second kappa shape index (κ2) is 7.42. The highest BCUT2D eigenvalue weighted by atomic mass is 35.5. The Morgan fingerprint density at radius 2 is 2.05 bits per heavy atom. The highest BCUT2D eigenvalue weighted by Gasteiger charge is 2.09. The molecule has 2 aromatic rings. The summed E-state index contributed by atoms with van der Waals surface area (Å²) in [4.78, 5) is 19.8. The summed E-state index contributed by atoms with van der Waals surface area (Å²) in [6.07, 6.45) is 4.39. The van der Waals surface area contributed by atoms with Crippen LogP contribution in [0.3, 0.4) is 0 Å². The number of ether oxygens (including phenoxy) is 2. The number of methoxy groups -OCH3 is 2. The Hall–Kier alpha value is -2.60. The van der Waals surface area contributed by atoms with Gasteiger partial charge in [0.25, 0.3) is 0 Å². The van der Waals surface area contributed by atoms with Gasteiger partial charge in [-0.15, -0.1) is 0 Å². The number of benzene rings is 1. The number of hydrogen-bond donors (Lipinski definition) is 1. The standard InChI is InChI=1S/C15H14ClN3O3/c1-21-14-12(9-17-15(19-14)22-2)18-13(20)8-7-10-5-3-4-6-11(10)16/h3-9H,1-2H3,(H,18,20)/b8-7+. The van der Waals surface area contributed by atoms with Gasteiger partial charge < -0.3 is 14.8 Å². The van der Waals surface area contributed by atoms with Crippen LogP contribution in [0.15, 0.2) is 36.5 Å². The molecule has 0 aliphatic rings. The number of amides is 1. The van der Waals surface area contributed by atoms with E-state index >= 15 is 0 Å². The van der Waals surface area contributed by atoms with E-state index in [-0.39, 0.29) is 17.8 Å². The van der Waals surface area contributed by atoms with Crippen molar-refractivity contribution in [2.45, 2.75) is 0 Å². The van der Waals surface area contributed by atoms with E-state index in [0.29, 0.717) is 10.7 Å². The first kappa shape index (κ1) is 15.8. The summed E-state index contributed by atoms with van der Waals surface area (Å²) in [5.41, 5.74) is 1.09. The lowest BCUT2D eigenvalue weighted by Gasteiger charge is -2.08. The summed E-state index contributed by atoms with van der Waals surface area (Å²) in [5.74, 6) is -0.140. The molecule has 0 atom stereocenters. The Morgan fingerprint density at radius 1 is 1.27 bits per heavy atom. The van der Waals surface area contributed by atoms with Gasteiger partial charge in [0.15, 0.2) is 0 Å². The molecule has 2 rings (SSSR count). The van der Waals surface area contributed by atoms with Crippen molar-refractivity contribution in [1.29, 1.82) is 0 Å². The van der Waals surface area contributed by atoms with Gasteiger partial charge in [0.2, 0.25) is 11.8 Å². The van der Waals surface area contributed by atoms with Crippen molar-refractivity contribution in [2.75, 3.05) is 19.5 Å². The van der Waals surface area contributed by atoms with Crippen molar-refractivity contribution in [3.05, 3.63) is 47.1 Å². The quantitative estimate of drug-likeness (QED) is 0.858. The first-order valence-corrected chi connectivity index (χ1v) is 6.70. The summed E-state index contributed by atoms with van der Waals surface area (Å²) in [5, 5.41) is 3.19. The fourth-order valence-electron chi connectivity index (χ4n) is 1.64. The van der Waals surface area contributed by atoms with Gasteiger partial charge in [-0.3, -0.25) is 4.79 Å². The minimum atomic E-state index is -0.355. The van der Waals surface area contributed by atoms with Crippen LogP contribution in [-0.2, 0) is 4.79 Å². The van der Waals surface area contributed by atoms with E-state index in [0.717, 1.165) is 5.56 Å². The molecule has 0 spiro atoms. The van der Waals surface area contributed by atoms with Gasteiger partial charge in [0.05, 0.1) is 20.4 Å². The third-order valence-electron chi connectivity index (χ3n) is 2.68. The minimum absolute atomic E-state index is 0.154. The van der Waals surface area contributed by atoms with Crippen molar-refractivity contribution in [3.8, 4) is 11.9 Å². The zero-order valence-corrected chi connectivity index (χ0v) is 12.8. The van der Waals surface area contributed by atoms with E-state index in [1.807, 2.05) is 18.2 Å². The van der Waals surface area contributed by atoms with Crippen LogP contribution in [0.5, 0.6) is 11.9 Å². The summed E-state index contributed by atoms with van der Waals surface area (Å²) in [6, 6.07) is 7.37. The van der Waals surface area contributed by atoms with Crippen LogP contribution in [0.25, 0.3) is 6.08 Å². The molecular formula is C15H14ClN3O3. The largest absolute Gasteiger partial charge is 0.479 e. The number of rotatable bonds is 5. The second-order valence-electron chi connectivity index (χ2n) is 4.12. The Kier molecular flexibility index (Phi) is 5.32. The molecular weight excluding hydrogens is 306 g/mol. The highest BCUT2D eigenvalue weighted by molar-refractivity contribution is 6.32. The molecule has 6 nitrogen and oxygen atoms in total. The fourth-order valence-corrected chi connectivity index (χ4v) is 1.84. The lowest BCUT2D eigenvalue weighted by molar-refractivity contribution is -0.111. The molecule has 0 aliphatic carbocycles. The number of anilines is 1. The van der Waals surface area contributed by atoms with Crippen LogP contribution in [0.4, 0.5) is 5.69 Å². The molecule has 22 heavy (non-hydrogen) atoms. The highest BCUT2D eigenvalue weighted by Crippen LogP contribution is 2.22. The van der Waals surface area contributed by atoms with Crippen molar-refractivity contribution in [1.82, 2.24) is 9.97 Å². The van der Waals surface area contributed by atoms with Crippen molar-refractivity contribution < 1.29 is 14.3 Å². The number of hydrogen-bond acceptors (Lipinski definition) is 5. The predicted molar refractivity (Wildman–Crippen MR) is 84.3 cm³/mol. The van der Waals surface area contributed by atoms with E-state index < -0.39 is 0 Å². The lowest BCUT2D eigenvalue weighted by atomic mass is 10.2. The molecule has 1 N–H and O–H groups in total. The number of nitrogens with zero attached hydrogens (tertiary/aromatic N) is 2. The van der Waals surface area contributed by atoms with Gasteiger partial charge in [-0.2, -0.15) is 4.98 Å². The summed E-state index contributed by atoms with van der Waals surface area (Å²) in [7, 11) is 2.89. The number of nitrogens with one attached hydrogen (secondary N) is 1. The van der Waals surface area contributed by atoms with Crippen LogP contribution < -0.4 is 14.8 Å². The molecule has 0 saturated heterocycles. The Balaban J connectivity index is 2.11. The second-order valence-corrected chi connectivity index (χ2v) is 4.53. The molecule has 0 fully saturated rings. The number of aromatic nitrogens is 2. The van der Waals surface area contributed by atoms with Crippen molar-refractivity contribution in [3.63, 3.8) is 0 Å². The van der Waals surface area contributed by atoms with Crippen LogP contribution in [0.1, 0.15) is 5.56 Å². The SMILES string of the molecule is COc1ncc(NC(=O)/C=C/c2ccccc2Cl)c(OC)n1. The van der Waals surface area contributed by atoms with E-state index in [2.05, 4.69) is 15.3 Å². The zero-order chi connectivity index (χ0) is 15.9. The Labute approximate surface area is 132 Å². The van der Waals surface area contributed by atoms with Crippen molar-refractivity contribution >= 4 is 29.3 Å². The van der Waals surface area contributed by atoms with Gasteiger partial charge in [0, 0.05) is 11.1 Å². The van der Waals surface area contributed by atoms with Crippen molar-refractivity contribution in [2.24, 2.45) is 0 Å². The maximum Gasteiger partial charge on any atom is 0.319 e. The van der Waals surface area contributed by atoms with E-state index in [9.17, 15) is 4.79 Å². The molecule has 0 bridgehead atoms. The van der Waals surface area contributed by atoms with Crippen LogP contribution in [-0.4, -0.2) is 30.1 Å². The lowest BCUT2D eigenvalue weighted by Crippen LogP contribution is -2.10. The third-order valence-corrected chi connectivity index (χ3v) is 3.03. The molecule has 0 aliphatic heterocycles. The van der Waals surface area contributed by atoms with Crippen LogP contribution in [0, 0.1) is 0 Å². The smallest absolute Gasteiger partial charge is 0.319 e. The average Bonchev–Trinajstić information content (AvgIpc) is 2.54. The first-order valence-electron chi connectivity index (χ1n) is 6.32. The van der Waals surface area contributed by atoms with E-state index in [1.165, 1.54) is 26.5 Å². The normalized spacial score (nSPS) is 10.5. The first-order chi connectivity index (χ1) is 10.6. The van der Waals surface area contributed by atoms with E-state index in [4.69, 9.17) is 21.1 Å². The fraction of sp³-hybridized carbons (Fsp3) is 0.133. The minimum Gasteiger partial charge on any atom is -0.479 e. The molecule has 0 unspecified atom stereocenters. The van der Waals surface area contributed by atoms with Gasteiger partial charge in [-0.1, -0.05) is 29.8 Å². The number of carbonyl (C=O) groups excluding carboxylic acids is 1. The Bertz CT molecular complexity index is 704. The van der Waals surface area contributed by atoms with Crippen LogP contribution in [0.2, 0.25) is 5.02 Å². The van der Waals surface area contributed by atoms with Gasteiger partial charge >= 0.3 is 6.01 Å². The molecule has 1 aromatic carbocycles. The maximum absolute atomic E-state index is 11.9. The monoisotopic (exact) mass is 319 g/mol. The number of halogens is 1. The average molecular weight is 320 g/mol. The molecule has 1 amide bonds. The third kappa shape index (κ3) is 3.95. The van der Waals surface area contributed by atoms with Crippen LogP contribution >= 0.6 is 11.6 Å². The topological polar surface area (TPSA) is 73.3 Å². The molecule has 0 saturated carbocycles. The maximum atomic E-state index is 11.9. The van der Waals surface area contributed by atoms with Gasteiger partial charge in [0.1, 0.15) is 5.69 Å². The van der Waals surface area contributed by atoms with Gasteiger partial charge in [-0.05, 0) is 17.7 Å². The molecule has 7 heteroatoms. The zero-order valence-electron chi connectivity index (χ0n) is 12.0. The summed E-state index contributed by atoms with van der Waals surface area (Å²) in [6.45, 7) is 0.